The third-order valence-electron chi connectivity index (χ3n) is 1.20. The van der Waals surface area contributed by atoms with Crippen LogP contribution in [0.25, 0.3) is 0 Å². The zero-order chi connectivity index (χ0) is 7.23. The highest BCUT2D eigenvalue weighted by molar-refractivity contribution is 6.26. The Morgan fingerprint density at radius 1 is 1.70 bits per heavy atom. The molecule has 0 bridgehead atoms. The first-order chi connectivity index (χ1) is 4.93. The van der Waals surface area contributed by atoms with Crippen molar-refractivity contribution in [2.75, 3.05) is 26.9 Å². The summed E-state index contributed by atoms with van der Waals surface area (Å²) in [5, 5.41) is 0. The molecule has 0 aromatic rings. The molecule has 1 rings (SSSR count). The Labute approximate surface area is 63.6 Å². The van der Waals surface area contributed by atoms with Gasteiger partial charge in [-0.15, -0.1) is 0 Å². The summed E-state index contributed by atoms with van der Waals surface area (Å²) in [6, 6.07) is 1.00. The van der Waals surface area contributed by atoms with Gasteiger partial charge in [0.15, 0.2) is 0 Å². The molecule has 0 aliphatic carbocycles. The van der Waals surface area contributed by atoms with Gasteiger partial charge in [0.2, 0.25) is 9.76 Å². The smallest absolute Gasteiger partial charge is 0.231 e. The van der Waals surface area contributed by atoms with Crippen LogP contribution in [0.4, 0.5) is 0 Å². The highest BCUT2D eigenvalue weighted by atomic mass is 28.2. The van der Waals surface area contributed by atoms with Crippen molar-refractivity contribution < 1.29 is 13.9 Å². The summed E-state index contributed by atoms with van der Waals surface area (Å²) in [6.45, 7) is 2.44. The molecule has 0 aromatic heterocycles. The van der Waals surface area contributed by atoms with E-state index in [1.807, 2.05) is 0 Å². The molecule has 3 nitrogen and oxygen atoms in total. The monoisotopic (exact) mass is 160 g/mol. The van der Waals surface area contributed by atoms with Gasteiger partial charge in [0.1, 0.15) is 6.10 Å². The predicted molar refractivity (Wildman–Crippen MR) is 38.1 cm³/mol. The Morgan fingerprint density at radius 3 is 3.10 bits per heavy atom. The van der Waals surface area contributed by atoms with Crippen molar-refractivity contribution in [3.63, 3.8) is 0 Å². The first-order valence-corrected chi connectivity index (χ1v) is 4.50. The molecule has 0 N–H and O–H groups in total. The van der Waals surface area contributed by atoms with Crippen LogP contribution < -0.4 is 0 Å². The van der Waals surface area contributed by atoms with Crippen molar-refractivity contribution in [3.8, 4) is 0 Å². The fraction of sp³-hybridized carbons (Fsp3) is 1.00. The molecule has 1 aliphatic heterocycles. The van der Waals surface area contributed by atoms with Crippen LogP contribution in [0, 0.1) is 0 Å². The molecule has 2 radical (unpaired) electrons. The second-order valence-corrected chi connectivity index (χ2v) is 3.33. The molecule has 1 heterocycles. The zero-order valence-electron chi connectivity index (χ0n) is 6.13. The third kappa shape index (κ3) is 4.00. The Balaban J connectivity index is 1.68. The van der Waals surface area contributed by atoms with E-state index in [4.69, 9.17) is 13.9 Å². The Morgan fingerprint density at radius 2 is 2.50 bits per heavy atom. The number of hydrogen-bond donors (Lipinski definition) is 0. The maximum Gasteiger partial charge on any atom is 0.231 e. The third-order valence-corrected chi connectivity index (χ3v) is 1.90. The Bertz CT molecular complexity index is 85.1. The van der Waals surface area contributed by atoms with Crippen molar-refractivity contribution in [1.29, 1.82) is 0 Å². The van der Waals surface area contributed by atoms with E-state index in [-0.39, 0.29) is 0 Å². The average molecular weight is 160 g/mol. The van der Waals surface area contributed by atoms with Gasteiger partial charge >= 0.3 is 0 Å². The molecule has 1 fully saturated rings. The van der Waals surface area contributed by atoms with Crippen LogP contribution in [0.1, 0.15) is 0 Å². The van der Waals surface area contributed by atoms with Gasteiger partial charge in [-0.05, 0) is 6.04 Å². The summed E-state index contributed by atoms with van der Waals surface area (Å²) in [6.07, 6.45) is 0.394. The second kappa shape index (κ2) is 4.84. The minimum atomic E-state index is 0.394. The second-order valence-electron chi connectivity index (χ2n) is 2.13. The molecule has 1 unspecified atom stereocenters. The van der Waals surface area contributed by atoms with Gasteiger partial charge < -0.3 is 13.9 Å². The zero-order valence-corrected chi connectivity index (χ0v) is 7.13. The van der Waals surface area contributed by atoms with E-state index in [1.165, 1.54) is 0 Å². The van der Waals surface area contributed by atoms with Gasteiger partial charge in [0, 0.05) is 13.7 Å². The molecular formula is C6H12O3Si. The summed E-state index contributed by atoms with van der Waals surface area (Å²) in [5.74, 6) is 0. The fourth-order valence-electron chi connectivity index (χ4n) is 0.595. The molecule has 0 aromatic carbocycles. The largest absolute Gasteiger partial charge is 0.420 e. The maximum absolute atomic E-state index is 5.26. The first-order valence-electron chi connectivity index (χ1n) is 3.38. The van der Waals surface area contributed by atoms with Gasteiger partial charge in [-0.2, -0.15) is 0 Å². The van der Waals surface area contributed by atoms with Crippen molar-refractivity contribution in [2.24, 2.45) is 0 Å². The summed E-state index contributed by atoms with van der Waals surface area (Å²) in [7, 11) is 2.28. The number of hydrogen-bond acceptors (Lipinski definition) is 3. The lowest BCUT2D eigenvalue weighted by atomic mass is 10.5. The van der Waals surface area contributed by atoms with E-state index < -0.39 is 0 Å². The first kappa shape index (κ1) is 8.20. The highest BCUT2D eigenvalue weighted by Gasteiger charge is 2.21. The van der Waals surface area contributed by atoms with Crippen molar-refractivity contribution in [1.82, 2.24) is 0 Å². The van der Waals surface area contributed by atoms with E-state index in [0.717, 1.165) is 25.9 Å². The molecule has 1 aliphatic rings. The van der Waals surface area contributed by atoms with Crippen LogP contribution in [0.3, 0.4) is 0 Å². The molecule has 0 saturated carbocycles. The lowest BCUT2D eigenvalue weighted by molar-refractivity contribution is 0.126. The quantitative estimate of drug-likeness (QED) is 0.313. The molecule has 1 saturated heterocycles. The molecule has 0 amide bonds. The minimum Gasteiger partial charge on any atom is -0.420 e. The molecular weight excluding hydrogens is 148 g/mol. The van der Waals surface area contributed by atoms with Gasteiger partial charge in [-0.1, -0.05) is 0 Å². The Kier molecular flexibility index (Phi) is 3.97. The lowest BCUT2D eigenvalue weighted by Gasteiger charge is -1.98. The van der Waals surface area contributed by atoms with Crippen LogP contribution in [-0.2, 0) is 13.9 Å². The van der Waals surface area contributed by atoms with Crippen molar-refractivity contribution >= 4 is 9.76 Å². The number of ether oxygens (including phenoxy) is 2. The fourth-order valence-corrected chi connectivity index (χ4v) is 1.03. The molecule has 58 valence electrons. The normalized spacial score (nSPS) is 23.1. The standard InChI is InChI=1S/C6H12O3Si/c1-7-10-3-2-8-4-6-5-9-6/h6H,2-5H2,1H3. The predicted octanol–water partition coefficient (Wildman–Crippen LogP) is 0.0857. The molecule has 0 spiro atoms. The van der Waals surface area contributed by atoms with Crippen LogP contribution in [0.15, 0.2) is 0 Å². The molecule has 1 atom stereocenters. The summed E-state index contributed by atoms with van der Waals surface area (Å²) in [4.78, 5) is 0. The van der Waals surface area contributed by atoms with Gasteiger partial charge in [-0.3, -0.25) is 0 Å². The summed E-state index contributed by atoms with van der Waals surface area (Å²) in [5.41, 5.74) is 0. The van der Waals surface area contributed by atoms with Gasteiger partial charge in [0.05, 0.1) is 13.2 Å². The van der Waals surface area contributed by atoms with E-state index in [2.05, 4.69) is 0 Å². The van der Waals surface area contributed by atoms with E-state index in [9.17, 15) is 0 Å². The van der Waals surface area contributed by atoms with Crippen LogP contribution in [-0.4, -0.2) is 42.8 Å². The maximum atomic E-state index is 5.26. The minimum absolute atomic E-state index is 0.394. The number of rotatable bonds is 6. The highest BCUT2D eigenvalue weighted by Crippen LogP contribution is 2.08. The number of epoxide rings is 1. The summed E-state index contributed by atoms with van der Waals surface area (Å²) < 4.78 is 15.1. The van der Waals surface area contributed by atoms with Crippen molar-refractivity contribution in [2.45, 2.75) is 12.1 Å². The van der Waals surface area contributed by atoms with E-state index >= 15 is 0 Å². The van der Waals surface area contributed by atoms with Crippen LogP contribution in [0.5, 0.6) is 0 Å². The molecule has 4 heteroatoms. The van der Waals surface area contributed by atoms with Crippen LogP contribution in [0.2, 0.25) is 6.04 Å². The lowest BCUT2D eigenvalue weighted by Crippen LogP contribution is -2.05. The van der Waals surface area contributed by atoms with Gasteiger partial charge in [0.25, 0.3) is 0 Å². The van der Waals surface area contributed by atoms with Crippen LogP contribution >= 0.6 is 0 Å². The van der Waals surface area contributed by atoms with E-state index in [1.54, 1.807) is 7.11 Å². The van der Waals surface area contributed by atoms with Gasteiger partial charge in [-0.25, -0.2) is 0 Å². The average Bonchev–Trinajstić information content (AvgIpc) is 2.71. The summed E-state index contributed by atoms with van der Waals surface area (Å²) >= 11 is 0. The topological polar surface area (TPSA) is 31.0 Å². The SMILES string of the molecule is CO[Si]CCOCC1CO1. The van der Waals surface area contributed by atoms with E-state index in [0.29, 0.717) is 15.9 Å². The van der Waals surface area contributed by atoms with Crippen molar-refractivity contribution in [3.05, 3.63) is 0 Å². The molecule has 10 heavy (non-hydrogen) atoms. The Hall–Kier alpha value is 0.0969.